The number of sulfone groups is 1. The Morgan fingerprint density at radius 2 is 1.74 bits per heavy atom. The molecule has 0 bridgehead atoms. The van der Waals surface area contributed by atoms with Crippen molar-refractivity contribution in [3.63, 3.8) is 0 Å². The lowest BCUT2D eigenvalue weighted by atomic mass is 10.0. The third-order valence-electron chi connectivity index (χ3n) is 4.55. The fourth-order valence-electron chi connectivity index (χ4n) is 2.78. The van der Waals surface area contributed by atoms with Crippen molar-refractivity contribution in [3.05, 3.63) is 65.0 Å². The normalized spacial score (nSPS) is 14.0. The Morgan fingerprint density at radius 1 is 1.16 bits per heavy atom. The molecule has 0 aromatic heterocycles. The maximum absolute atomic E-state index is 13.1. The fourth-order valence-corrected chi connectivity index (χ4v) is 4.37. The highest BCUT2D eigenvalue weighted by Gasteiger charge is 2.38. The van der Waals surface area contributed by atoms with E-state index < -0.39 is 44.5 Å². The molecule has 31 heavy (non-hydrogen) atoms. The molecule has 10 heteroatoms. The van der Waals surface area contributed by atoms with E-state index in [2.05, 4.69) is 10.2 Å². The Bertz CT molecular complexity index is 1120. The first-order chi connectivity index (χ1) is 14.2. The molecule has 166 valence electrons. The Kier molecular flexibility index (Phi) is 6.83. The maximum Gasteiger partial charge on any atom is 0.407 e. The summed E-state index contributed by atoms with van der Waals surface area (Å²) in [5, 5.41) is 12.5. The number of aliphatic hydroxyl groups is 1. The molecule has 1 amide bonds. The number of nitrogens with one attached hydrogen (secondary N) is 1. The smallest absolute Gasteiger partial charge is 0.379 e. The molecule has 0 aliphatic rings. The Balaban J connectivity index is 2.24. The van der Waals surface area contributed by atoms with Gasteiger partial charge in [0.05, 0.1) is 22.8 Å². The van der Waals surface area contributed by atoms with Gasteiger partial charge in [0.25, 0.3) is 5.91 Å². The molecule has 2 N–H and O–H groups in total. The number of hydrogen-bond donors (Lipinski definition) is 2. The van der Waals surface area contributed by atoms with E-state index in [1.807, 2.05) is 13.8 Å². The molecule has 6 nitrogen and oxygen atoms in total. The summed E-state index contributed by atoms with van der Waals surface area (Å²) in [5.74, 6) is -1.99. The van der Waals surface area contributed by atoms with Crippen LogP contribution in [0.4, 0.5) is 24.5 Å². The van der Waals surface area contributed by atoms with Crippen LogP contribution in [0.3, 0.4) is 0 Å². The molecular weight excluding hydrogens is 433 g/mol. The molecule has 2 aromatic rings. The summed E-state index contributed by atoms with van der Waals surface area (Å²) in [4.78, 5) is 15.1. The van der Waals surface area contributed by atoms with Crippen molar-refractivity contribution < 1.29 is 31.5 Å². The second-order valence-corrected chi connectivity index (χ2v) is 9.54. The molecule has 1 atom stereocenters. The minimum absolute atomic E-state index is 0.0919. The van der Waals surface area contributed by atoms with Crippen LogP contribution in [0.2, 0.25) is 0 Å². The van der Waals surface area contributed by atoms with E-state index in [1.165, 1.54) is 12.1 Å². The lowest BCUT2D eigenvalue weighted by Gasteiger charge is -2.23. The highest BCUT2D eigenvalue weighted by Crippen LogP contribution is 2.38. The van der Waals surface area contributed by atoms with E-state index in [0.29, 0.717) is 6.07 Å². The molecular formula is C21H21F3N2O4S. The lowest BCUT2D eigenvalue weighted by molar-refractivity contribution is -0.137. The average molecular weight is 454 g/mol. The first-order valence-corrected chi connectivity index (χ1v) is 10.8. The number of nitrogens with zero attached hydrogens (tertiary/aromatic N) is 1. The van der Waals surface area contributed by atoms with Crippen LogP contribution in [0.1, 0.15) is 37.8 Å². The van der Waals surface area contributed by atoms with E-state index in [9.17, 15) is 31.5 Å². The summed E-state index contributed by atoms with van der Waals surface area (Å²) in [6, 6.07) is 8.51. The van der Waals surface area contributed by atoms with Gasteiger partial charge in [0.1, 0.15) is 0 Å². The quantitative estimate of drug-likeness (QED) is 0.628. The van der Waals surface area contributed by atoms with E-state index in [0.717, 1.165) is 24.6 Å². The van der Waals surface area contributed by atoms with E-state index in [-0.39, 0.29) is 16.5 Å². The number of benzene rings is 2. The van der Waals surface area contributed by atoms with Crippen molar-refractivity contribution in [2.75, 3.05) is 11.1 Å². The van der Waals surface area contributed by atoms with Crippen LogP contribution in [-0.2, 0) is 20.8 Å². The Morgan fingerprint density at radius 3 is 2.23 bits per heavy atom. The molecule has 0 spiro atoms. The molecule has 0 heterocycles. The SMILES string of the molecule is [C-]#[N+]c1ccc(NC(=O)C(C)(O)CS(=O)(=O)c2ccc(C(C)C)cc2)cc1C(F)(F)F. The zero-order valence-corrected chi connectivity index (χ0v) is 17.8. The first-order valence-electron chi connectivity index (χ1n) is 9.12. The summed E-state index contributed by atoms with van der Waals surface area (Å²) in [5.41, 5.74) is -3.75. The van der Waals surface area contributed by atoms with Crippen molar-refractivity contribution in [1.82, 2.24) is 0 Å². The molecule has 0 saturated heterocycles. The molecule has 0 saturated carbocycles. The number of carbonyl (C=O) groups excluding carboxylic acids is 1. The number of carbonyl (C=O) groups is 1. The average Bonchev–Trinajstić information content (AvgIpc) is 2.66. The van der Waals surface area contributed by atoms with Gasteiger partial charge in [0, 0.05) is 5.69 Å². The van der Waals surface area contributed by atoms with Gasteiger partial charge in [-0.05, 0) is 42.7 Å². The van der Waals surface area contributed by atoms with Crippen molar-refractivity contribution in [3.8, 4) is 0 Å². The largest absolute Gasteiger partial charge is 0.407 e. The number of rotatable bonds is 6. The Labute approximate surface area is 178 Å². The van der Waals surface area contributed by atoms with Crippen molar-refractivity contribution in [1.29, 1.82) is 0 Å². The number of halogens is 3. The van der Waals surface area contributed by atoms with Gasteiger partial charge in [-0.25, -0.2) is 13.3 Å². The van der Waals surface area contributed by atoms with Crippen LogP contribution in [0, 0.1) is 6.57 Å². The standard InChI is InChI=1S/C21H21F3N2O4S/c1-13(2)14-5-8-16(9-6-14)31(29,30)12-20(3,28)19(27)26-15-7-10-18(25-4)17(11-15)21(22,23)24/h5-11,13,28H,12H2,1-3H3,(H,26,27). The highest BCUT2D eigenvalue weighted by atomic mass is 32.2. The van der Waals surface area contributed by atoms with Gasteiger partial charge in [0.2, 0.25) is 0 Å². The summed E-state index contributed by atoms with van der Waals surface area (Å²) >= 11 is 0. The molecule has 0 radical (unpaired) electrons. The number of amides is 1. The lowest BCUT2D eigenvalue weighted by Crippen LogP contribution is -2.45. The van der Waals surface area contributed by atoms with Gasteiger partial charge < -0.3 is 10.4 Å². The van der Waals surface area contributed by atoms with Gasteiger partial charge >= 0.3 is 6.18 Å². The van der Waals surface area contributed by atoms with Gasteiger partial charge in [-0.2, -0.15) is 13.2 Å². The number of alkyl halides is 3. The van der Waals surface area contributed by atoms with Crippen molar-refractivity contribution in [2.24, 2.45) is 0 Å². The fraction of sp³-hybridized carbons (Fsp3) is 0.333. The third kappa shape index (κ3) is 5.83. The summed E-state index contributed by atoms with van der Waals surface area (Å²) < 4.78 is 64.5. The molecule has 0 aliphatic heterocycles. The molecule has 2 rings (SSSR count). The van der Waals surface area contributed by atoms with E-state index in [4.69, 9.17) is 6.57 Å². The van der Waals surface area contributed by atoms with E-state index in [1.54, 1.807) is 12.1 Å². The van der Waals surface area contributed by atoms with Crippen molar-refractivity contribution >= 4 is 27.1 Å². The zero-order chi connectivity index (χ0) is 23.6. The summed E-state index contributed by atoms with van der Waals surface area (Å²) in [6.07, 6.45) is -4.82. The summed E-state index contributed by atoms with van der Waals surface area (Å²) in [6.45, 7) is 11.7. The highest BCUT2D eigenvalue weighted by molar-refractivity contribution is 7.91. The van der Waals surface area contributed by atoms with Gasteiger partial charge in [0.15, 0.2) is 21.1 Å². The third-order valence-corrected chi connectivity index (χ3v) is 6.48. The minimum Gasteiger partial charge on any atom is -0.379 e. The second-order valence-electron chi connectivity index (χ2n) is 7.55. The first kappa shape index (κ1) is 24.4. The number of hydrogen-bond acceptors (Lipinski definition) is 4. The van der Waals surface area contributed by atoms with Gasteiger partial charge in [-0.1, -0.05) is 32.0 Å². The van der Waals surface area contributed by atoms with E-state index >= 15 is 0 Å². The van der Waals surface area contributed by atoms with Crippen LogP contribution >= 0.6 is 0 Å². The van der Waals surface area contributed by atoms with Crippen LogP contribution in [0.5, 0.6) is 0 Å². The van der Waals surface area contributed by atoms with Crippen LogP contribution in [0.25, 0.3) is 4.85 Å². The van der Waals surface area contributed by atoms with Crippen LogP contribution < -0.4 is 5.32 Å². The summed E-state index contributed by atoms with van der Waals surface area (Å²) in [7, 11) is -4.07. The Hall–Kier alpha value is -2.90. The van der Waals surface area contributed by atoms with Gasteiger partial charge in [-0.3, -0.25) is 4.79 Å². The van der Waals surface area contributed by atoms with Gasteiger partial charge in [-0.15, -0.1) is 0 Å². The predicted octanol–water partition coefficient (Wildman–Crippen LogP) is 4.54. The topological polar surface area (TPSA) is 87.8 Å². The van der Waals surface area contributed by atoms with Crippen LogP contribution in [-0.4, -0.2) is 30.8 Å². The minimum atomic E-state index is -4.82. The van der Waals surface area contributed by atoms with Crippen LogP contribution in [0.15, 0.2) is 47.4 Å². The predicted molar refractivity (Wildman–Crippen MR) is 110 cm³/mol. The molecule has 0 aliphatic carbocycles. The molecule has 2 aromatic carbocycles. The molecule has 1 unspecified atom stereocenters. The zero-order valence-electron chi connectivity index (χ0n) is 17.0. The van der Waals surface area contributed by atoms with Crippen molar-refractivity contribution in [2.45, 2.75) is 43.4 Å². The maximum atomic E-state index is 13.1. The monoisotopic (exact) mass is 454 g/mol. The number of anilines is 1. The molecule has 0 fully saturated rings. The second kappa shape index (κ2) is 8.69.